The van der Waals surface area contributed by atoms with Crippen molar-refractivity contribution in [1.82, 2.24) is 0 Å². The quantitative estimate of drug-likeness (QED) is 0.318. The lowest BCUT2D eigenvalue weighted by molar-refractivity contribution is 0.739. The van der Waals surface area contributed by atoms with Crippen LogP contribution in [-0.2, 0) is 19.3 Å². The SMILES string of the molecule is CCCCc1cc2ccc3c(C#N)c(C#N)c(C#N)c(C#N)c3c2c(CCCC)c1CCCC. The Hall–Kier alpha value is -3.86. The van der Waals surface area contributed by atoms with Crippen LogP contribution in [0.2, 0.25) is 0 Å². The van der Waals surface area contributed by atoms with E-state index in [2.05, 4.69) is 45.0 Å². The summed E-state index contributed by atoms with van der Waals surface area (Å²) in [7, 11) is 0. The van der Waals surface area contributed by atoms with E-state index in [0.717, 1.165) is 68.6 Å². The first-order chi connectivity index (χ1) is 16.6. The predicted octanol–water partition coefficient (Wildman–Crippen LogP) is 7.51. The zero-order valence-electron chi connectivity index (χ0n) is 20.4. The van der Waals surface area contributed by atoms with Crippen molar-refractivity contribution in [2.24, 2.45) is 0 Å². The van der Waals surface area contributed by atoms with Crippen molar-refractivity contribution < 1.29 is 0 Å². The van der Waals surface area contributed by atoms with Crippen molar-refractivity contribution >= 4 is 21.5 Å². The molecule has 0 unspecified atom stereocenters. The van der Waals surface area contributed by atoms with E-state index in [0.29, 0.717) is 10.8 Å². The highest BCUT2D eigenvalue weighted by molar-refractivity contribution is 6.15. The van der Waals surface area contributed by atoms with Gasteiger partial charge in [0.15, 0.2) is 0 Å². The van der Waals surface area contributed by atoms with Gasteiger partial charge in [0.1, 0.15) is 24.3 Å². The monoisotopic (exact) mass is 446 g/mol. The molecule has 34 heavy (non-hydrogen) atoms. The smallest absolute Gasteiger partial charge is 0.102 e. The van der Waals surface area contributed by atoms with Gasteiger partial charge in [-0.25, -0.2) is 0 Å². The van der Waals surface area contributed by atoms with Crippen molar-refractivity contribution in [3.63, 3.8) is 0 Å². The summed E-state index contributed by atoms with van der Waals surface area (Å²) in [6.45, 7) is 6.58. The maximum Gasteiger partial charge on any atom is 0.102 e. The fourth-order valence-corrected chi connectivity index (χ4v) is 5.00. The minimum absolute atomic E-state index is 0.00530. The maximum atomic E-state index is 10.1. The van der Waals surface area contributed by atoms with Crippen LogP contribution in [0.15, 0.2) is 18.2 Å². The highest BCUT2D eigenvalue weighted by Gasteiger charge is 2.24. The average Bonchev–Trinajstić information content (AvgIpc) is 2.87. The molecule has 170 valence electrons. The standard InChI is InChI=1S/C30H30N4/c1-4-7-10-20-15-21-13-14-24-25(16-31)26(17-32)27(18-33)28(19-34)30(24)29(21)23(12-9-6-3)22(20)11-8-5-2/h13-15H,4-12H2,1-3H3. The van der Waals surface area contributed by atoms with Crippen molar-refractivity contribution in [2.45, 2.75) is 78.6 Å². The topological polar surface area (TPSA) is 95.2 Å². The second kappa shape index (κ2) is 11.3. The number of nitrogens with zero attached hydrogens (tertiary/aromatic N) is 4. The van der Waals surface area contributed by atoms with E-state index in [9.17, 15) is 21.0 Å². The summed E-state index contributed by atoms with van der Waals surface area (Å²) in [6.07, 6.45) is 9.40. The number of hydrogen-bond donors (Lipinski definition) is 0. The molecule has 3 aromatic rings. The number of fused-ring (bicyclic) bond motifs is 3. The lowest BCUT2D eigenvalue weighted by atomic mass is 9.82. The molecule has 0 bridgehead atoms. The third kappa shape index (κ3) is 4.34. The third-order valence-corrected chi connectivity index (χ3v) is 6.70. The zero-order valence-corrected chi connectivity index (χ0v) is 20.4. The molecule has 0 radical (unpaired) electrons. The van der Waals surface area contributed by atoms with E-state index < -0.39 is 0 Å². The maximum absolute atomic E-state index is 10.1. The Morgan fingerprint density at radius 3 is 1.68 bits per heavy atom. The molecular formula is C30H30N4. The number of hydrogen-bond acceptors (Lipinski definition) is 4. The molecule has 0 heterocycles. The van der Waals surface area contributed by atoms with Crippen molar-refractivity contribution in [2.75, 3.05) is 0 Å². The number of aryl methyl sites for hydroxylation is 2. The first-order valence-electron chi connectivity index (χ1n) is 12.3. The van der Waals surface area contributed by atoms with E-state index in [1.54, 1.807) is 0 Å². The second-order valence-electron chi connectivity index (χ2n) is 8.84. The van der Waals surface area contributed by atoms with Crippen LogP contribution in [0.25, 0.3) is 21.5 Å². The van der Waals surface area contributed by atoms with Gasteiger partial charge < -0.3 is 0 Å². The Morgan fingerprint density at radius 2 is 1.12 bits per heavy atom. The molecule has 3 rings (SSSR count). The van der Waals surface area contributed by atoms with Gasteiger partial charge in [-0.1, -0.05) is 58.2 Å². The molecule has 0 fully saturated rings. The highest BCUT2D eigenvalue weighted by Crippen LogP contribution is 2.39. The number of benzene rings is 3. The van der Waals surface area contributed by atoms with Crippen LogP contribution in [0.4, 0.5) is 0 Å². The first kappa shape index (κ1) is 24.8. The molecule has 4 nitrogen and oxygen atoms in total. The van der Waals surface area contributed by atoms with Crippen LogP contribution >= 0.6 is 0 Å². The zero-order chi connectivity index (χ0) is 24.7. The summed E-state index contributed by atoms with van der Waals surface area (Å²) >= 11 is 0. The fourth-order valence-electron chi connectivity index (χ4n) is 5.00. The highest BCUT2D eigenvalue weighted by atomic mass is 14.3. The Balaban J connectivity index is 2.62. The van der Waals surface area contributed by atoms with Crippen LogP contribution in [-0.4, -0.2) is 0 Å². The lowest BCUT2D eigenvalue weighted by Gasteiger charge is -2.21. The molecule has 0 N–H and O–H groups in total. The second-order valence-corrected chi connectivity index (χ2v) is 8.84. The van der Waals surface area contributed by atoms with Crippen LogP contribution in [0.3, 0.4) is 0 Å². The van der Waals surface area contributed by atoms with Gasteiger partial charge in [0.2, 0.25) is 0 Å². The largest absolute Gasteiger partial charge is 0.192 e. The number of nitriles is 4. The van der Waals surface area contributed by atoms with E-state index >= 15 is 0 Å². The molecule has 0 amide bonds. The predicted molar refractivity (Wildman–Crippen MR) is 136 cm³/mol. The molecule has 0 saturated heterocycles. The Labute approximate surface area is 202 Å². The number of unbranched alkanes of at least 4 members (excludes halogenated alkanes) is 3. The summed E-state index contributed by atoms with van der Waals surface area (Å²) < 4.78 is 0. The molecule has 0 spiro atoms. The van der Waals surface area contributed by atoms with Crippen LogP contribution in [0.5, 0.6) is 0 Å². The summed E-state index contributed by atoms with van der Waals surface area (Å²) in [6, 6.07) is 14.5. The van der Waals surface area contributed by atoms with Gasteiger partial charge in [-0.3, -0.25) is 0 Å². The summed E-state index contributed by atoms with van der Waals surface area (Å²) in [5, 5.41) is 42.9. The normalized spacial score (nSPS) is 10.6. The fraction of sp³-hybridized carbons (Fsp3) is 0.400. The molecule has 0 aliphatic heterocycles. The van der Waals surface area contributed by atoms with Crippen molar-refractivity contribution in [3.8, 4) is 24.3 Å². The number of rotatable bonds is 9. The van der Waals surface area contributed by atoms with Gasteiger partial charge in [0.05, 0.1) is 22.3 Å². The summed E-state index contributed by atoms with van der Waals surface area (Å²) in [5.74, 6) is 0. The minimum atomic E-state index is -0.00530. The summed E-state index contributed by atoms with van der Waals surface area (Å²) in [5.41, 5.74) is 4.39. The molecule has 0 aliphatic carbocycles. The van der Waals surface area contributed by atoms with Gasteiger partial charge in [-0.15, -0.1) is 0 Å². The molecule has 0 aromatic heterocycles. The van der Waals surface area contributed by atoms with Gasteiger partial charge in [0, 0.05) is 10.8 Å². The van der Waals surface area contributed by atoms with E-state index in [4.69, 9.17) is 0 Å². The van der Waals surface area contributed by atoms with E-state index in [1.807, 2.05) is 18.2 Å². The molecule has 0 aliphatic rings. The molecule has 4 heteroatoms. The molecule has 0 saturated carbocycles. The third-order valence-electron chi connectivity index (χ3n) is 6.70. The van der Waals surface area contributed by atoms with Crippen molar-refractivity contribution in [3.05, 3.63) is 57.1 Å². The minimum Gasteiger partial charge on any atom is -0.192 e. The molecular weight excluding hydrogens is 416 g/mol. The summed E-state index contributed by atoms with van der Waals surface area (Å²) in [4.78, 5) is 0. The Morgan fingerprint density at radius 1 is 0.588 bits per heavy atom. The average molecular weight is 447 g/mol. The van der Waals surface area contributed by atoms with Gasteiger partial charge in [0.25, 0.3) is 0 Å². The molecule has 0 atom stereocenters. The lowest BCUT2D eigenvalue weighted by Crippen LogP contribution is -2.05. The van der Waals surface area contributed by atoms with Gasteiger partial charge in [-0.2, -0.15) is 21.0 Å². The van der Waals surface area contributed by atoms with E-state index in [-0.39, 0.29) is 22.3 Å². The molecule has 3 aromatic carbocycles. The van der Waals surface area contributed by atoms with Crippen LogP contribution < -0.4 is 0 Å². The van der Waals surface area contributed by atoms with Crippen LogP contribution in [0, 0.1) is 45.3 Å². The Bertz CT molecular complexity index is 1400. The van der Waals surface area contributed by atoms with Gasteiger partial charge in [-0.05, 0) is 66.0 Å². The van der Waals surface area contributed by atoms with Crippen molar-refractivity contribution in [1.29, 1.82) is 21.0 Å². The van der Waals surface area contributed by atoms with Crippen LogP contribution in [0.1, 0.15) is 98.2 Å². The first-order valence-corrected chi connectivity index (χ1v) is 12.3. The van der Waals surface area contributed by atoms with E-state index in [1.165, 1.54) is 16.7 Å². The van der Waals surface area contributed by atoms with Gasteiger partial charge >= 0.3 is 0 Å². The Kier molecular flexibility index (Phi) is 8.25.